The number of ether oxygens (including phenoxy) is 11. The van der Waals surface area contributed by atoms with E-state index >= 15 is 0 Å². The second kappa shape index (κ2) is 36.4. The molecule has 1 aromatic carbocycles. The molecule has 1 aromatic rings. The molecule has 0 saturated heterocycles. The Kier molecular flexibility index (Phi) is 33.5. The molecule has 0 aliphatic carbocycles. The van der Waals surface area contributed by atoms with Gasteiger partial charge in [-0.05, 0) is 30.5 Å². The summed E-state index contributed by atoms with van der Waals surface area (Å²) in [6.07, 6.45) is 10.5. The van der Waals surface area contributed by atoms with E-state index in [2.05, 4.69) is 35.9 Å². The van der Waals surface area contributed by atoms with Crippen LogP contribution < -0.4 is 4.74 Å². The molecule has 0 fully saturated rings. The normalized spacial score (nSPS) is 11.3. The molecule has 0 radical (unpaired) electrons. The zero-order chi connectivity index (χ0) is 34.4. The Morgan fingerprint density at radius 3 is 1.21 bits per heavy atom. The first kappa shape index (κ1) is 44.2. The van der Waals surface area contributed by atoms with Gasteiger partial charge in [0, 0.05) is 0 Å². The largest absolute Gasteiger partial charge is 0.491 e. The fourth-order valence-electron chi connectivity index (χ4n) is 4.23. The number of hydrogen-bond donors (Lipinski definition) is 0. The topological polar surface area (TPSA) is 119 Å². The van der Waals surface area contributed by atoms with Gasteiger partial charge in [-0.1, -0.05) is 57.6 Å². The van der Waals surface area contributed by atoms with Crippen molar-refractivity contribution in [3.05, 3.63) is 29.8 Å². The minimum Gasteiger partial charge on any atom is -0.491 e. The average molecular weight is 689 g/mol. The smallest absolute Gasteiger partial charge is 0.331 e. The number of esters is 1. The lowest BCUT2D eigenvalue weighted by molar-refractivity contribution is -0.146. The molecular formula is C36H64O12. The van der Waals surface area contributed by atoms with Crippen molar-refractivity contribution in [3.63, 3.8) is 0 Å². The number of aryl methyl sites for hydroxylation is 1. The van der Waals surface area contributed by atoms with Gasteiger partial charge in [0.1, 0.15) is 19.0 Å². The monoisotopic (exact) mass is 688 g/mol. The van der Waals surface area contributed by atoms with E-state index in [9.17, 15) is 4.79 Å². The molecule has 0 unspecified atom stereocenters. The molecule has 280 valence electrons. The Hall–Kier alpha value is -1.87. The van der Waals surface area contributed by atoms with Gasteiger partial charge < -0.3 is 52.1 Å². The maximum atomic E-state index is 10.9. The molecule has 1 rings (SSSR count). The van der Waals surface area contributed by atoms with Gasteiger partial charge >= 0.3 is 5.97 Å². The third-order valence-corrected chi connectivity index (χ3v) is 6.91. The number of benzene rings is 1. The second-order valence-electron chi connectivity index (χ2n) is 10.9. The minimum atomic E-state index is -0.405. The van der Waals surface area contributed by atoms with Crippen LogP contribution >= 0.6 is 0 Å². The molecule has 0 N–H and O–H groups in total. The van der Waals surface area contributed by atoms with Crippen molar-refractivity contribution >= 4 is 5.97 Å². The second-order valence-corrected chi connectivity index (χ2v) is 10.9. The highest BCUT2D eigenvalue weighted by atomic mass is 16.6. The van der Waals surface area contributed by atoms with Gasteiger partial charge in [0.05, 0.1) is 119 Å². The highest BCUT2D eigenvalue weighted by molar-refractivity contribution is 5.70. The summed E-state index contributed by atoms with van der Waals surface area (Å²) in [5.41, 5.74) is 1.38. The summed E-state index contributed by atoms with van der Waals surface area (Å²) in [5, 5.41) is 0. The first-order chi connectivity index (χ1) is 23.8. The maximum absolute atomic E-state index is 10.9. The van der Waals surface area contributed by atoms with Crippen LogP contribution in [-0.2, 0) is 58.6 Å². The predicted octanol–water partition coefficient (Wildman–Crippen LogP) is 4.68. The molecule has 0 aliphatic heterocycles. The van der Waals surface area contributed by atoms with Crippen LogP contribution in [0, 0.1) is 0 Å². The summed E-state index contributed by atoms with van der Waals surface area (Å²) in [6, 6.07) is 8.44. The lowest BCUT2D eigenvalue weighted by Gasteiger charge is -2.09. The summed E-state index contributed by atoms with van der Waals surface area (Å²) in [6.45, 7) is 10.9. The number of hydrogen-bond acceptors (Lipinski definition) is 12. The quantitative estimate of drug-likeness (QED) is 0.0709. The van der Waals surface area contributed by atoms with E-state index in [1.807, 2.05) is 0 Å². The van der Waals surface area contributed by atoms with Crippen molar-refractivity contribution in [3.8, 4) is 5.75 Å². The molecule has 12 nitrogen and oxygen atoms in total. The van der Waals surface area contributed by atoms with Crippen LogP contribution in [0.2, 0.25) is 0 Å². The first-order valence-electron chi connectivity index (χ1n) is 17.7. The predicted molar refractivity (Wildman–Crippen MR) is 183 cm³/mol. The van der Waals surface area contributed by atoms with E-state index in [0.29, 0.717) is 119 Å². The van der Waals surface area contributed by atoms with Gasteiger partial charge in [-0.25, -0.2) is 4.79 Å². The molecule has 0 aromatic heterocycles. The van der Waals surface area contributed by atoms with Crippen LogP contribution in [0.25, 0.3) is 0 Å². The van der Waals surface area contributed by atoms with Crippen LogP contribution in [0.3, 0.4) is 0 Å². The van der Waals surface area contributed by atoms with Crippen LogP contribution in [0.5, 0.6) is 5.75 Å². The number of rotatable bonds is 38. The Morgan fingerprint density at radius 1 is 0.458 bits per heavy atom. The van der Waals surface area contributed by atoms with Crippen LogP contribution in [0.4, 0.5) is 0 Å². The summed E-state index contributed by atoms with van der Waals surface area (Å²) >= 11 is 0. The molecule has 0 heterocycles. The fraction of sp³-hybridized carbons (Fsp3) is 0.806. The third kappa shape index (κ3) is 31.4. The highest BCUT2D eigenvalue weighted by Gasteiger charge is 2.00. The van der Waals surface area contributed by atoms with Gasteiger partial charge in [0.25, 0.3) is 0 Å². The number of carbonyl (C=O) groups is 1. The Labute approximate surface area is 289 Å². The summed E-state index contributed by atoms with van der Waals surface area (Å²) in [7, 11) is 1.32. The zero-order valence-corrected chi connectivity index (χ0v) is 29.8. The molecule has 12 heteroatoms. The zero-order valence-electron chi connectivity index (χ0n) is 29.8. The molecule has 0 bridgehead atoms. The van der Waals surface area contributed by atoms with Crippen molar-refractivity contribution in [1.82, 2.24) is 0 Å². The number of unbranched alkanes of at least 4 members (excludes halogenated alkanes) is 6. The van der Waals surface area contributed by atoms with Gasteiger partial charge in [0.15, 0.2) is 0 Å². The summed E-state index contributed by atoms with van der Waals surface area (Å²) in [5.74, 6) is 0.478. The summed E-state index contributed by atoms with van der Waals surface area (Å²) < 4.78 is 59.1. The Morgan fingerprint density at radius 2 is 0.812 bits per heavy atom. The Bertz CT molecular complexity index is 796. The SMILES string of the molecule is CCCCCCCCCc1ccc(OCCOCCOCCOCCOCCOCCOCCOCCOCCOCC(=O)OC)cc1. The van der Waals surface area contributed by atoms with E-state index in [-0.39, 0.29) is 6.61 Å². The number of carbonyl (C=O) groups excluding carboxylic acids is 1. The van der Waals surface area contributed by atoms with Crippen LogP contribution in [0.1, 0.15) is 57.4 Å². The van der Waals surface area contributed by atoms with Crippen molar-refractivity contribution in [1.29, 1.82) is 0 Å². The van der Waals surface area contributed by atoms with Crippen molar-refractivity contribution < 1.29 is 56.9 Å². The molecule has 0 saturated carbocycles. The van der Waals surface area contributed by atoms with Crippen LogP contribution in [0.15, 0.2) is 24.3 Å². The molecule has 0 aliphatic rings. The van der Waals surface area contributed by atoms with Gasteiger partial charge in [0.2, 0.25) is 0 Å². The minimum absolute atomic E-state index is 0.0679. The lowest BCUT2D eigenvalue weighted by atomic mass is 10.0. The van der Waals surface area contributed by atoms with Crippen LogP contribution in [-0.4, -0.2) is 139 Å². The van der Waals surface area contributed by atoms with Gasteiger partial charge in [-0.3, -0.25) is 0 Å². The molecule has 0 spiro atoms. The third-order valence-electron chi connectivity index (χ3n) is 6.91. The van der Waals surface area contributed by atoms with E-state index in [0.717, 1.165) is 12.2 Å². The van der Waals surface area contributed by atoms with Crippen molar-refractivity contribution in [2.45, 2.75) is 58.3 Å². The van der Waals surface area contributed by atoms with Gasteiger partial charge in [-0.2, -0.15) is 0 Å². The first-order valence-corrected chi connectivity index (χ1v) is 17.7. The lowest BCUT2D eigenvalue weighted by Crippen LogP contribution is -2.16. The fourth-order valence-corrected chi connectivity index (χ4v) is 4.23. The summed E-state index contributed by atoms with van der Waals surface area (Å²) in [4.78, 5) is 10.9. The van der Waals surface area contributed by atoms with E-state index < -0.39 is 5.97 Å². The van der Waals surface area contributed by atoms with E-state index in [1.165, 1.54) is 57.6 Å². The highest BCUT2D eigenvalue weighted by Crippen LogP contribution is 2.15. The average Bonchev–Trinajstić information content (AvgIpc) is 3.11. The Balaban J connectivity index is 1.71. The van der Waals surface area contributed by atoms with E-state index in [1.54, 1.807) is 0 Å². The van der Waals surface area contributed by atoms with Crippen molar-refractivity contribution in [2.24, 2.45) is 0 Å². The molecule has 0 atom stereocenters. The molecule has 0 amide bonds. The maximum Gasteiger partial charge on any atom is 0.331 e. The van der Waals surface area contributed by atoms with Crippen molar-refractivity contribution in [2.75, 3.05) is 133 Å². The molecular weight excluding hydrogens is 624 g/mol. The number of methoxy groups -OCH3 is 1. The molecule has 48 heavy (non-hydrogen) atoms. The van der Waals surface area contributed by atoms with Gasteiger partial charge in [-0.15, -0.1) is 0 Å². The standard InChI is InChI=1S/C36H64O12/c1-3-4-5-6-7-8-9-10-34-11-13-35(14-12-34)48-32-31-46-28-27-44-24-23-42-20-19-40-16-15-39-17-18-41-21-22-43-25-26-45-29-30-47-33-36(37)38-2/h11-14H,3-10,15-33H2,1-2H3. The van der Waals surface area contributed by atoms with E-state index in [4.69, 9.17) is 47.4 Å².